The number of ether oxygens (including phenoxy) is 1. The van der Waals surface area contributed by atoms with Gasteiger partial charge in [0.25, 0.3) is 0 Å². The first-order valence-corrected chi connectivity index (χ1v) is 8.69. The number of carbonyl (C=O) groups is 2. The standard InChI is InChI=1S/C19H25N3O3/c1-13(23)17-20-15-7-5-6-8-16(15)22(17)12-14-9-10-21(11-14)18(24)25-19(2,3)4/h5-8,14H,9-12H2,1-4H3/t14-/m1/s1. The number of hydrogen-bond acceptors (Lipinski definition) is 4. The van der Waals surface area contributed by atoms with Gasteiger partial charge in [0.1, 0.15) is 5.60 Å². The Bertz CT molecular complexity index is 804. The van der Waals surface area contributed by atoms with E-state index in [9.17, 15) is 9.59 Å². The number of carbonyl (C=O) groups excluding carboxylic acids is 2. The molecule has 0 spiro atoms. The number of benzene rings is 1. The van der Waals surface area contributed by atoms with Crippen LogP contribution in [0.2, 0.25) is 0 Å². The molecule has 134 valence electrons. The average molecular weight is 343 g/mol. The summed E-state index contributed by atoms with van der Waals surface area (Å²) in [4.78, 5) is 30.4. The minimum Gasteiger partial charge on any atom is -0.444 e. The largest absolute Gasteiger partial charge is 0.444 e. The molecular formula is C19H25N3O3. The van der Waals surface area contributed by atoms with E-state index >= 15 is 0 Å². The first kappa shape index (κ1) is 17.5. The lowest BCUT2D eigenvalue weighted by Crippen LogP contribution is -2.35. The van der Waals surface area contributed by atoms with E-state index in [-0.39, 0.29) is 17.8 Å². The second-order valence-electron chi connectivity index (χ2n) is 7.67. The maximum absolute atomic E-state index is 12.2. The molecule has 1 aromatic carbocycles. The maximum Gasteiger partial charge on any atom is 0.410 e. The molecule has 0 bridgehead atoms. The van der Waals surface area contributed by atoms with Gasteiger partial charge in [0.05, 0.1) is 11.0 Å². The van der Waals surface area contributed by atoms with Crippen molar-refractivity contribution in [3.63, 3.8) is 0 Å². The predicted molar refractivity (Wildman–Crippen MR) is 95.7 cm³/mol. The number of hydrogen-bond donors (Lipinski definition) is 0. The van der Waals surface area contributed by atoms with E-state index in [2.05, 4.69) is 4.98 Å². The van der Waals surface area contributed by atoms with Crippen LogP contribution in [0.1, 0.15) is 44.7 Å². The molecule has 0 radical (unpaired) electrons. The van der Waals surface area contributed by atoms with Crippen LogP contribution >= 0.6 is 0 Å². The van der Waals surface area contributed by atoms with E-state index in [1.165, 1.54) is 0 Å². The van der Waals surface area contributed by atoms with Crippen molar-refractivity contribution in [1.82, 2.24) is 14.5 Å². The number of ketones is 1. The van der Waals surface area contributed by atoms with Gasteiger partial charge in [0, 0.05) is 26.6 Å². The molecule has 0 unspecified atom stereocenters. The summed E-state index contributed by atoms with van der Waals surface area (Å²) in [6, 6.07) is 7.77. The molecule has 0 saturated carbocycles. The number of Topliss-reactive ketones (excluding diaryl/α,β-unsaturated/α-hetero) is 1. The molecule has 1 aromatic heterocycles. The maximum atomic E-state index is 12.2. The van der Waals surface area contributed by atoms with E-state index in [1.807, 2.05) is 49.6 Å². The topological polar surface area (TPSA) is 64.4 Å². The summed E-state index contributed by atoms with van der Waals surface area (Å²) >= 11 is 0. The summed E-state index contributed by atoms with van der Waals surface area (Å²) in [5.41, 5.74) is 1.30. The van der Waals surface area contributed by atoms with Crippen LogP contribution in [0.25, 0.3) is 11.0 Å². The number of rotatable bonds is 3. The molecule has 6 heteroatoms. The number of para-hydroxylation sites is 2. The highest BCUT2D eigenvalue weighted by Gasteiger charge is 2.30. The molecule has 0 aliphatic carbocycles. The molecule has 25 heavy (non-hydrogen) atoms. The van der Waals surface area contributed by atoms with Gasteiger partial charge in [-0.1, -0.05) is 12.1 Å². The smallest absolute Gasteiger partial charge is 0.410 e. The Morgan fingerprint density at radius 3 is 2.68 bits per heavy atom. The summed E-state index contributed by atoms with van der Waals surface area (Å²) in [6.45, 7) is 9.15. The Morgan fingerprint density at radius 2 is 2.00 bits per heavy atom. The quantitative estimate of drug-likeness (QED) is 0.800. The Labute approximate surface area is 147 Å². The molecule has 1 fully saturated rings. The fourth-order valence-corrected chi connectivity index (χ4v) is 3.26. The lowest BCUT2D eigenvalue weighted by Gasteiger charge is -2.24. The van der Waals surface area contributed by atoms with Crippen molar-refractivity contribution in [1.29, 1.82) is 0 Å². The van der Waals surface area contributed by atoms with E-state index in [1.54, 1.807) is 11.8 Å². The molecule has 1 aliphatic rings. The lowest BCUT2D eigenvalue weighted by molar-refractivity contribution is 0.0287. The summed E-state index contributed by atoms with van der Waals surface area (Å²) in [7, 11) is 0. The van der Waals surface area contributed by atoms with Crippen LogP contribution in [0.15, 0.2) is 24.3 Å². The van der Waals surface area contributed by atoms with E-state index in [4.69, 9.17) is 4.74 Å². The van der Waals surface area contributed by atoms with Crippen LogP contribution in [0, 0.1) is 5.92 Å². The second-order valence-corrected chi connectivity index (χ2v) is 7.67. The Morgan fingerprint density at radius 1 is 1.28 bits per heavy atom. The van der Waals surface area contributed by atoms with Crippen molar-refractivity contribution < 1.29 is 14.3 Å². The number of fused-ring (bicyclic) bond motifs is 1. The predicted octanol–water partition coefficient (Wildman–Crippen LogP) is 3.50. The molecule has 3 rings (SSSR count). The number of amides is 1. The van der Waals surface area contributed by atoms with Crippen molar-refractivity contribution in [2.24, 2.45) is 5.92 Å². The Balaban J connectivity index is 1.76. The molecule has 2 aromatic rings. The lowest BCUT2D eigenvalue weighted by atomic mass is 10.1. The minimum atomic E-state index is -0.489. The van der Waals surface area contributed by atoms with Gasteiger partial charge < -0.3 is 14.2 Å². The zero-order chi connectivity index (χ0) is 18.2. The molecule has 2 heterocycles. The summed E-state index contributed by atoms with van der Waals surface area (Å²) in [6.07, 6.45) is 0.626. The van der Waals surface area contributed by atoms with Crippen molar-refractivity contribution in [2.75, 3.05) is 13.1 Å². The van der Waals surface area contributed by atoms with Crippen LogP contribution in [-0.4, -0.2) is 45.0 Å². The highest BCUT2D eigenvalue weighted by Crippen LogP contribution is 2.24. The molecule has 1 saturated heterocycles. The first-order chi connectivity index (χ1) is 11.7. The van der Waals surface area contributed by atoms with Crippen LogP contribution in [0.3, 0.4) is 0 Å². The Hall–Kier alpha value is -2.37. The molecule has 0 N–H and O–H groups in total. The zero-order valence-electron chi connectivity index (χ0n) is 15.3. The Kier molecular flexibility index (Phi) is 4.54. The second kappa shape index (κ2) is 6.50. The average Bonchev–Trinajstić information content (AvgIpc) is 3.11. The third-order valence-corrected chi connectivity index (χ3v) is 4.35. The molecular weight excluding hydrogens is 318 g/mol. The minimum absolute atomic E-state index is 0.0433. The van der Waals surface area contributed by atoms with Crippen LogP contribution < -0.4 is 0 Å². The van der Waals surface area contributed by atoms with Gasteiger partial charge in [-0.15, -0.1) is 0 Å². The van der Waals surface area contributed by atoms with Gasteiger partial charge in [-0.25, -0.2) is 9.78 Å². The third kappa shape index (κ3) is 3.83. The van der Waals surface area contributed by atoms with Gasteiger partial charge in [-0.2, -0.15) is 0 Å². The molecule has 6 nitrogen and oxygen atoms in total. The summed E-state index contributed by atoms with van der Waals surface area (Å²) in [5, 5.41) is 0. The van der Waals surface area contributed by atoms with Crippen molar-refractivity contribution in [3.05, 3.63) is 30.1 Å². The van der Waals surface area contributed by atoms with Crippen molar-refractivity contribution in [3.8, 4) is 0 Å². The fourth-order valence-electron chi connectivity index (χ4n) is 3.26. The van der Waals surface area contributed by atoms with Gasteiger partial charge in [0.2, 0.25) is 0 Å². The molecule has 1 amide bonds. The van der Waals surface area contributed by atoms with E-state index in [0.29, 0.717) is 25.5 Å². The highest BCUT2D eigenvalue weighted by atomic mass is 16.6. The number of nitrogens with zero attached hydrogens (tertiary/aromatic N) is 3. The van der Waals surface area contributed by atoms with E-state index < -0.39 is 5.60 Å². The number of aromatic nitrogens is 2. The van der Waals surface area contributed by atoms with Crippen molar-refractivity contribution >= 4 is 22.9 Å². The molecule has 1 aliphatic heterocycles. The normalized spacial score (nSPS) is 17.9. The fraction of sp³-hybridized carbons (Fsp3) is 0.526. The first-order valence-electron chi connectivity index (χ1n) is 8.69. The van der Waals surface area contributed by atoms with Gasteiger partial charge >= 0.3 is 6.09 Å². The number of imidazole rings is 1. The summed E-state index contributed by atoms with van der Waals surface area (Å²) in [5.74, 6) is 0.721. The van der Waals surface area contributed by atoms with Gasteiger partial charge in [-0.05, 0) is 45.2 Å². The highest BCUT2D eigenvalue weighted by molar-refractivity contribution is 5.94. The van der Waals surface area contributed by atoms with Crippen LogP contribution in [0.5, 0.6) is 0 Å². The van der Waals surface area contributed by atoms with Gasteiger partial charge in [-0.3, -0.25) is 4.79 Å². The van der Waals surface area contributed by atoms with E-state index in [0.717, 1.165) is 17.5 Å². The summed E-state index contributed by atoms with van der Waals surface area (Å²) < 4.78 is 7.44. The number of likely N-dealkylation sites (tertiary alicyclic amines) is 1. The van der Waals surface area contributed by atoms with Gasteiger partial charge in [0.15, 0.2) is 11.6 Å². The molecule has 1 atom stereocenters. The third-order valence-electron chi connectivity index (χ3n) is 4.35. The zero-order valence-corrected chi connectivity index (χ0v) is 15.3. The van der Waals surface area contributed by atoms with Crippen LogP contribution in [0.4, 0.5) is 4.79 Å². The van der Waals surface area contributed by atoms with Crippen molar-refractivity contribution in [2.45, 2.75) is 46.3 Å². The monoisotopic (exact) mass is 343 g/mol. The SMILES string of the molecule is CC(=O)c1nc2ccccc2n1C[C@@H]1CCN(C(=O)OC(C)(C)C)C1. The van der Waals surface area contributed by atoms with Crippen LogP contribution in [-0.2, 0) is 11.3 Å².